The number of hydrogen-bond donors (Lipinski definition) is 0. The van der Waals surface area contributed by atoms with Gasteiger partial charge in [0.15, 0.2) is 0 Å². The fraction of sp³-hybridized carbons (Fsp3) is 0. The van der Waals surface area contributed by atoms with Crippen LogP contribution in [0.1, 0.15) is 0 Å². The molecule has 1 heterocycles. The van der Waals surface area contributed by atoms with Gasteiger partial charge in [-0.05, 0) is 15.6 Å². The molecule has 5 rings (SSSR count). The highest BCUT2D eigenvalue weighted by atomic mass is 28.3. The number of rotatable bonds is 5. The molecule has 0 spiro atoms. The molecule has 3 heteroatoms. The van der Waals surface area contributed by atoms with E-state index in [-0.39, 0.29) is 0 Å². The van der Waals surface area contributed by atoms with Crippen molar-refractivity contribution in [1.82, 2.24) is 9.97 Å². The van der Waals surface area contributed by atoms with Gasteiger partial charge in [0.2, 0.25) is 8.07 Å². The van der Waals surface area contributed by atoms with Crippen molar-refractivity contribution in [2.75, 3.05) is 0 Å². The average molecular weight is 415 g/mol. The van der Waals surface area contributed by atoms with Gasteiger partial charge in [0.05, 0.1) is 17.2 Å². The summed E-state index contributed by atoms with van der Waals surface area (Å²) in [6.07, 6.45) is 3.91. The van der Waals surface area contributed by atoms with Crippen molar-refractivity contribution in [2.45, 2.75) is 0 Å². The van der Waals surface area contributed by atoms with Crippen LogP contribution in [0.25, 0.3) is 11.3 Å². The second-order valence-corrected chi connectivity index (χ2v) is 11.2. The fourth-order valence-corrected chi connectivity index (χ4v) is 8.77. The minimum atomic E-state index is -2.60. The van der Waals surface area contributed by atoms with Crippen LogP contribution in [0, 0.1) is 0 Å². The maximum Gasteiger partial charge on any atom is 0.203 e. The van der Waals surface area contributed by atoms with Crippen LogP contribution in [0.4, 0.5) is 0 Å². The van der Waals surface area contributed by atoms with Gasteiger partial charge in [0.25, 0.3) is 0 Å². The van der Waals surface area contributed by atoms with Crippen molar-refractivity contribution >= 4 is 29.0 Å². The Labute approximate surface area is 183 Å². The molecule has 0 aliphatic rings. The number of hydrogen-bond acceptors (Lipinski definition) is 2. The summed E-state index contributed by atoms with van der Waals surface area (Å²) in [7, 11) is -2.60. The molecular weight excluding hydrogens is 392 g/mol. The van der Waals surface area contributed by atoms with Crippen LogP contribution in [-0.4, -0.2) is 18.0 Å². The van der Waals surface area contributed by atoms with E-state index < -0.39 is 8.07 Å². The fourth-order valence-electron chi connectivity index (χ4n) is 4.29. The SMILES string of the molecule is c1ccc(-c2cnc([Si](c3ccccc3)(c3ccccc3)c3ccccc3)cn2)cc1. The van der Waals surface area contributed by atoms with Crippen molar-refractivity contribution in [1.29, 1.82) is 0 Å². The molecule has 0 fully saturated rings. The molecule has 1 aromatic heterocycles. The summed E-state index contributed by atoms with van der Waals surface area (Å²) in [4.78, 5) is 9.92. The van der Waals surface area contributed by atoms with Crippen LogP contribution in [-0.2, 0) is 0 Å². The van der Waals surface area contributed by atoms with Gasteiger partial charge in [-0.25, -0.2) is 0 Å². The van der Waals surface area contributed by atoms with Gasteiger partial charge >= 0.3 is 0 Å². The molecule has 148 valence electrons. The van der Waals surface area contributed by atoms with Crippen LogP contribution < -0.4 is 20.9 Å². The van der Waals surface area contributed by atoms with Crippen molar-refractivity contribution in [2.24, 2.45) is 0 Å². The first-order valence-corrected chi connectivity index (χ1v) is 12.4. The van der Waals surface area contributed by atoms with Crippen molar-refractivity contribution in [3.8, 4) is 11.3 Å². The molecule has 31 heavy (non-hydrogen) atoms. The summed E-state index contributed by atoms with van der Waals surface area (Å²) in [6.45, 7) is 0. The lowest BCUT2D eigenvalue weighted by atomic mass is 10.2. The quantitative estimate of drug-likeness (QED) is 0.325. The highest BCUT2D eigenvalue weighted by Crippen LogP contribution is 2.15. The Morgan fingerprint density at radius 1 is 0.419 bits per heavy atom. The second-order valence-electron chi connectivity index (χ2n) is 7.50. The molecule has 0 saturated carbocycles. The topological polar surface area (TPSA) is 25.8 Å². The predicted octanol–water partition coefficient (Wildman–Crippen LogP) is 3.52. The van der Waals surface area contributed by atoms with Crippen LogP contribution in [0.5, 0.6) is 0 Å². The lowest BCUT2D eigenvalue weighted by Gasteiger charge is -2.32. The Kier molecular flexibility index (Phi) is 5.25. The van der Waals surface area contributed by atoms with E-state index in [9.17, 15) is 0 Å². The smallest absolute Gasteiger partial charge is 0.203 e. The van der Waals surface area contributed by atoms with Crippen molar-refractivity contribution in [3.63, 3.8) is 0 Å². The van der Waals surface area contributed by atoms with E-state index >= 15 is 0 Å². The third kappa shape index (κ3) is 3.49. The lowest BCUT2D eigenvalue weighted by Crippen LogP contribution is -2.75. The first-order valence-electron chi connectivity index (χ1n) is 10.4. The molecule has 0 unspecified atom stereocenters. The van der Waals surface area contributed by atoms with E-state index in [2.05, 4.69) is 103 Å². The predicted molar refractivity (Wildman–Crippen MR) is 131 cm³/mol. The Hall–Kier alpha value is -3.82. The Morgan fingerprint density at radius 2 is 0.839 bits per heavy atom. The van der Waals surface area contributed by atoms with E-state index in [1.165, 1.54) is 15.6 Å². The highest BCUT2D eigenvalue weighted by molar-refractivity contribution is 7.19. The molecule has 0 aliphatic heterocycles. The van der Waals surface area contributed by atoms with Crippen LogP contribution in [0.15, 0.2) is 134 Å². The maximum atomic E-state index is 5.06. The van der Waals surface area contributed by atoms with E-state index in [0.29, 0.717) is 0 Å². The number of nitrogens with zero attached hydrogens (tertiary/aromatic N) is 2. The van der Waals surface area contributed by atoms with E-state index in [4.69, 9.17) is 9.97 Å². The monoisotopic (exact) mass is 414 g/mol. The summed E-state index contributed by atoms with van der Waals surface area (Å²) < 4.78 is 0. The van der Waals surface area contributed by atoms with Crippen molar-refractivity contribution < 1.29 is 0 Å². The minimum Gasteiger partial charge on any atom is -0.261 e. The number of benzene rings is 4. The maximum absolute atomic E-state index is 5.06. The second kappa shape index (κ2) is 8.50. The summed E-state index contributed by atoms with van der Waals surface area (Å²) in [6, 6.07) is 42.6. The van der Waals surface area contributed by atoms with E-state index in [0.717, 1.165) is 16.6 Å². The molecule has 5 aromatic rings. The van der Waals surface area contributed by atoms with Gasteiger partial charge in [0.1, 0.15) is 0 Å². The molecule has 0 N–H and O–H groups in total. The zero-order valence-electron chi connectivity index (χ0n) is 17.1. The minimum absolute atomic E-state index is 0.890. The first kappa shape index (κ1) is 19.2. The molecule has 0 amide bonds. The third-order valence-corrected chi connectivity index (χ3v) is 10.4. The zero-order chi connectivity index (χ0) is 20.9. The molecule has 2 nitrogen and oxygen atoms in total. The average Bonchev–Trinajstić information content (AvgIpc) is 2.88. The molecule has 0 radical (unpaired) electrons. The third-order valence-electron chi connectivity index (χ3n) is 5.73. The molecule has 0 bridgehead atoms. The normalized spacial score (nSPS) is 11.2. The van der Waals surface area contributed by atoms with Crippen LogP contribution in [0.2, 0.25) is 0 Å². The van der Waals surface area contributed by atoms with Gasteiger partial charge in [0, 0.05) is 11.8 Å². The zero-order valence-corrected chi connectivity index (χ0v) is 18.1. The van der Waals surface area contributed by atoms with Gasteiger partial charge in [-0.3, -0.25) is 9.97 Å². The standard InChI is InChI=1S/C28H22N2Si/c1-5-13-23(14-6-1)27-21-30-28(22-29-27)31(24-15-7-2-8-16-24,25-17-9-3-10-18-25)26-19-11-4-12-20-26/h1-22H. The van der Waals surface area contributed by atoms with Gasteiger partial charge in [-0.1, -0.05) is 121 Å². The van der Waals surface area contributed by atoms with Crippen LogP contribution >= 0.6 is 0 Å². The largest absolute Gasteiger partial charge is 0.261 e. The molecule has 0 aliphatic carbocycles. The summed E-state index contributed by atoms with van der Waals surface area (Å²) >= 11 is 0. The van der Waals surface area contributed by atoms with Crippen LogP contribution in [0.3, 0.4) is 0 Å². The highest BCUT2D eigenvalue weighted by Gasteiger charge is 2.43. The Balaban J connectivity index is 1.78. The summed E-state index contributed by atoms with van der Waals surface area (Å²) in [5, 5.41) is 4.94. The van der Waals surface area contributed by atoms with Crippen molar-refractivity contribution in [3.05, 3.63) is 134 Å². The molecular formula is C28H22N2Si. The summed E-state index contributed by atoms with van der Waals surface area (Å²) in [5.41, 5.74) is 1.97. The van der Waals surface area contributed by atoms with Gasteiger partial charge in [-0.2, -0.15) is 0 Å². The van der Waals surface area contributed by atoms with E-state index in [1.807, 2.05) is 30.6 Å². The molecule has 0 atom stereocenters. The van der Waals surface area contributed by atoms with E-state index in [1.54, 1.807) is 0 Å². The Morgan fingerprint density at radius 3 is 1.23 bits per heavy atom. The first-order chi connectivity index (χ1) is 15.4. The van der Waals surface area contributed by atoms with Gasteiger partial charge < -0.3 is 0 Å². The molecule has 4 aromatic carbocycles. The number of aromatic nitrogens is 2. The lowest BCUT2D eigenvalue weighted by molar-refractivity contribution is 1.24. The summed E-state index contributed by atoms with van der Waals surface area (Å²) in [5.74, 6) is 0. The molecule has 0 saturated heterocycles. The Bertz CT molecular complexity index is 1140. The van der Waals surface area contributed by atoms with Gasteiger partial charge in [-0.15, -0.1) is 0 Å².